The molecule has 3 nitrogen and oxygen atoms in total. The zero-order chi connectivity index (χ0) is 12.8. The molecule has 0 radical (unpaired) electrons. The number of aliphatic carboxylic acids is 1. The molecule has 0 aliphatic heterocycles. The maximum atomic E-state index is 10.5. The lowest BCUT2D eigenvalue weighted by atomic mass is 10.1. The number of halogens is 1. The molecule has 1 N–H and O–H groups in total. The first-order chi connectivity index (χ1) is 8.04. The quantitative estimate of drug-likeness (QED) is 0.848. The minimum atomic E-state index is -0.742. The van der Waals surface area contributed by atoms with Crippen LogP contribution in [0.2, 0.25) is 5.02 Å². The fourth-order valence-corrected chi connectivity index (χ4v) is 2.07. The molecule has 0 spiro atoms. The highest BCUT2D eigenvalue weighted by atomic mass is 35.5. The second-order valence-corrected chi connectivity index (χ2v) is 4.44. The van der Waals surface area contributed by atoms with E-state index in [2.05, 4.69) is 11.8 Å². The van der Waals surface area contributed by atoms with Gasteiger partial charge in [-0.05, 0) is 44.0 Å². The highest BCUT2D eigenvalue weighted by Crippen LogP contribution is 2.23. The molecule has 0 aliphatic carbocycles. The first-order valence-corrected chi connectivity index (χ1v) is 6.15. The Hall–Kier alpha value is -1.22. The molecule has 0 amide bonds. The van der Waals surface area contributed by atoms with Gasteiger partial charge in [0.2, 0.25) is 0 Å². The summed E-state index contributed by atoms with van der Waals surface area (Å²) in [7, 11) is 0. The molecule has 0 saturated heterocycles. The molecular weight excluding hydrogens is 238 g/mol. The zero-order valence-corrected chi connectivity index (χ0v) is 11.0. The van der Waals surface area contributed by atoms with Crippen LogP contribution in [-0.2, 0) is 4.79 Å². The largest absolute Gasteiger partial charge is 0.481 e. The van der Waals surface area contributed by atoms with Crippen molar-refractivity contribution in [2.75, 3.05) is 18.0 Å². The summed E-state index contributed by atoms with van der Waals surface area (Å²) in [5.41, 5.74) is 2.25. The Balaban J connectivity index is 2.69. The predicted molar refractivity (Wildman–Crippen MR) is 70.9 cm³/mol. The Bertz CT molecular complexity index is 393. The summed E-state index contributed by atoms with van der Waals surface area (Å²) in [5, 5.41) is 9.35. The van der Waals surface area contributed by atoms with E-state index < -0.39 is 5.97 Å². The van der Waals surface area contributed by atoms with E-state index in [1.807, 2.05) is 25.1 Å². The third-order valence-corrected chi connectivity index (χ3v) is 2.94. The summed E-state index contributed by atoms with van der Waals surface area (Å²) in [6, 6.07) is 5.78. The fraction of sp³-hybridized carbons (Fsp3) is 0.462. The van der Waals surface area contributed by atoms with E-state index >= 15 is 0 Å². The van der Waals surface area contributed by atoms with Gasteiger partial charge in [0.25, 0.3) is 0 Å². The van der Waals surface area contributed by atoms with Crippen LogP contribution in [-0.4, -0.2) is 24.2 Å². The van der Waals surface area contributed by atoms with Crippen LogP contribution in [0.25, 0.3) is 0 Å². The van der Waals surface area contributed by atoms with Crippen molar-refractivity contribution in [2.24, 2.45) is 0 Å². The number of carbonyl (C=O) groups is 1. The van der Waals surface area contributed by atoms with Crippen molar-refractivity contribution in [1.29, 1.82) is 0 Å². The highest BCUT2D eigenvalue weighted by molar-refractivity contribution is 6.30. The summed E-state index contributed by atoms with van der Waals surface area (Å²) in [4.78, 5) is 12.7. The van der Waals surface area contributed by atoms with Crippen molar-refractivity contribution in [3.63, 3.8) is 0 Å². The van der Waals surface area contributed by atoms with Gasteiger partial charge in [-0.25, -0.2) is 0 Å². The van der Waals surface area contributed by atoms with Gasteiger partial charge in [-0.2, -0.15) is 0 Å². The molecule has 1 aromatic carbocycles. The lowest BCUT2D eigenvalue weighted by Crippen LogP contribution is -2.25. The molecule has 0 atom stereocenters. The molecule has 17 heavy (non-hydrogen) atoms. The summed E-state index contributed by atoms with van der Waals surface area (Å²) < 4.78 is 0. The molecular formula is C13H18ClNO2. The Labute approximate surface area is 107 Å². The third kappa shape index (κ3) is 4.27. The molecule has 94 valence electrons. The number of anilines is 1. The van der Waals surface area contributed by atoms with E-state index in [0.717, 1.165) is 29.4 Å². The average molecular weight is 256 g/mol. The van der Waals surface area contributed by atoms with Gasteiger partial charge in [0.15, 0.2) is 0 Å². The smallest absolute Gasteiger partial charge is 0.303 e. The number of nitrogens with zero attached hydrogens (tertiary/aromatic N) is 1. The Morgan fingerprint density at radius 3 is 2.71 bits per heavy atom. The lowest BCUT2D eigenvalue weighted by Gasteiger charge is -2.24. The molecule has 0 heterocycles. The van der Waals surface area contributed by atoms with Gasteiger partial charge < -0.3 is 10.0 Å². The number of carboxylic acid groups (broad SMARTS) is 1. The SMILES string of the molecule is CCN(CCCC(=O)O)c1ccc(Cl)cc1C. The van der Waals surface area contributed by atoms with Crippen LogP contribution in [0.1, 0.15) is 25.3 Å². The third-order valence-electron chi connectivity index (χ3n) is 2.70. The number of carboxylic acids is 1. The first-order valence-electron chi connectivity index (χ1n) is 5.77. The molecule has 0 aliphatic rings. The van der Waals surface area contributed by atoms with Crippen LogP contribution < -0.4 is 4.90 Å². The first kappa shape index (κ1) is 13.8. The lowest BCUT2D eigenvalue weighted by molar-refractivity contribution is -0.137. The molecule has 0 unspecified atom stereocenters. The summed E-state index contributed by atoms with van der Waals surface area (Å²) in [5.74, 6) is -0.742. The van der Waals surface area contributed by atoms with Crippen molar-refractivity contribution >= 4 is 23.3 Å². The van der Waals surface area contributed by atoms with E-state index in [4.69, 9.17) is 16.7 Å². The van der Waals surface area contributed by atoms with Gasteiger partial charge in [-0.15, -0.1) is 0 Å². The van der Waals surface area contributed by atoms with Gasteiger partial charge >= 0.3 is 5.97 Å². The number of rotatable bonds is 6. The fourth-order valence-electron chi connectivity index (χ4n) is 1.84. The summed E-state index contributed by atoms with van der Waals surface area (Å²) >= 11 is 5.91. The second-order valence-electron chi connectivity index (χ2n) is 4.01. The van der Waals surface area contributed by atoms with Gasteiger partial charge in [-0.1, -0.05) is 11.6 Å². The van der Waals surface area contributed by atoms with E-state index in [-0.39, 0.29) is 6.42 Å². The van der Waals surface area contributed by atoms with Crippen molar-refractivity contribution in [1.82, 2.24) is 0 Å². The van der Waals surface area contributed by atoms with Gasteiger partial charge in [0.05, 0.1) is 0 Å². The maximum absolute atomic E-state index is 10.5. The topological polar surface area (TPSA) is 40.5 Å². The van der Waals surface area contributed by atoms with E-state index in [1.165, 1.54) is 0 Å². The molecule has 1 aromatic rings. The standard InChI is InChI=1S/C13H18ClNO2/c1-3-15(8-4-5-13(16)17)12-7-6-11(14)9-10(12)2/h6-7,9H,3-5,8H2,1-2H3,(H,16,17). The molecule has 4 heteroatoms. The zero-order valence-electron chi connectivity index (χ0n) is 10.2. The van der Waals surface area contributed by atoms with Crippen LogP contribution in [0, 0.1) is 6.92 Å². The van der Waals surface area contributed by atoms with E-state index in [9.17, 15) is 4.79 Å². The van der Waals surface area contributed by atoms with Gasteiger partial charge in [0.1, 0.15) is 0 Å². The Morgan fingerprint density at radius 1 is 1.47 bits per heavy atom. The van der Waals surface area contributed by atoms with Crippen molar-refractivity contribution in [2.45, 2.75) is 26.7 Å². The molecule has 0 fully saturated rings. The van der Waals surface area contributed by atoms with Crippen LogP contribution in [0.3, 0.4) is 0 Å². The van der Waals surface area contributed by atoms with Crippen LogP contribution in [0.4, 0.5) is 5.69 Å². The Morgan fingerprint density at radius 2 is 2.18 bits per heavy atom. The Kier molecular flexibility index (Phi) is 5.29. The van der Waals surface area contributed by atoms with Crippen molar-refractivity contribution < 1.29 is 9.90 Å². The highest BCUT2D eigenvalue weighted by Gasteiger charge is 2.08. The van der Waals surface area contributed by atoms with Gasteiger partial charge in [0, 0.05) is 30.2 Å². The number of hydrogen-bond acceptors (Lipinski definition) is 2. The average Bonchev–Trinajstić information content (AvgIpc) is 2.25. The van der Waals surface area contributed by atoms with Crippen LogP contribution >= 0.6 is 11.6 Å². The number of benzene rings is 1. The van der Waals surface area contributed by atoms with Crippen LogP contribution in [0.15, 0.2) is 18.2 Å². The minimum Gasteiger partial charge on any atom is -0.481 e. The number of aryl methyl sites for hydroxylation is 1. The predicted octanol–water partition coefficient (Wildman–Crippen LogP) is 3.34. The minimum absolute atomic E-state index is 0.211. The van der Waals surface area contributed by atoms with Crippen LogP contribution in [0.5, 0.6) is 0 Å². The summed E-state index contributed by atoms with van der Waals surface area (Å²) in [6.07, 6.45) is 0.869. The van der Waals surface area contributed by atoms with E-state index in [0.29, 0.717) is 6.42 Å². The summed E-state index contributed by atoms with van der Waals surface area (Å²) in [6.45, 7) is 5.70. The molecule has 0 saturated carbocycles. The number of hydrogen-bond donors (Lipinski definition) is 1. The van der Waals surface area contributed by atoms with E-state index in [1.54, 1.807) is 0 Å². The maximum Gasteiger partial charge on any atom is 0.303 e. The molecule has 0 bridgehead atoms. The molecule has 0 aromatic heterocycles. The van der Waals surface area contributed by atoms with Crippen molar-refractivity contribution in [3.05, 3.63) is 28.8 Å². The van der Waals surface area contributed by atoms with Gasteiger partial charge in [-0.3, -0.25) is 4.79 Å². The molecule has 1 rings (SSSR count). The monoisotopic (exact) mass is 255 g/mol. The van der Waals surface area contributed by atoms with Crippen molar-refractivity contribution in [3.8, 4) is 0 Å². The second kappa shape index (κ2) is 6.50. The normalized spacial score (nSPS) is 10.3.